The maximum Gasteiger partial charge on any atom is 0.271 e. The van der Waals surface area contributed by atoms with E-state index in [9.17, 15) is 9.90 Å². The van der Waals surface area contributed by atoms with Gasteiger partial charge in [0.25, 0.3) is 5.91 Å². The summed E-state index contributed by atoms with van der Waals surface area (Å²) in [7, 11) is 0. The molecule has 0 saturated heterocycles. The molecule has 120 valence electrons. The number of hydrogen-bond acceptors (Lipinski definition) is 4. The fourth-order valence-electron chi connectivity index (χ4n) is 3.28. The summed E-state index contributed by atoms with van der Waals surface area (Å²) in [4.78, 5) is 21.3. The number of phenolic OH excluding ortho intramolecular Hbond substituents is 1. The highest BCUT2D eigenvalue weighted by molar-refractivity contribution is 5.94. The highest BCUT2D eigenvalue weighted by atomic mass is 16.3. The molecule has 0 spiro atoms. The molecule has 24 heavy (non-hydrogen) atoms. The van der Waals surface area contributed by atoms with Gasteiger partial charge in [-0.15, -0.1) is 0 Å². The summed E-state index contributed by atoms with van der Waals surface area (Å²) in [6.45, 7) is 0. The zero-order chi connectivity index (χ0) is 16.5. The van der Waals surface area contributed by atoms with Gasteiger partial charge in [0.2, 0.25) is 0 Å². The Kier molecular flexibility index (Phi) is 3.61. The number of phenols is 1. The molecule has 0 bridgehead atoms. The van der Waals surface area contributed by atoms with E-state index < -0.39 is 0 Å². The Labute approximate surface area is 139 Å². The molecule has 1 amide bonds. The quantitative estimate of drug-likeness (QED) is 0.761. The molecule has 2 N–H and O–H groups in total. The molecule has 0 saturated carbocycles. The highest BCUT2D eigenvalue weighted by Gasteiger charge is 2.24. The number of nitrogens with one attached hydrogen (secondary N) is 1. The van der Waals surface area contributed by atoms with Gasteiger partial charge in [-0.05, 0) is 48.6 Å². The van der Waals surface area contributed by atoms with Gasteiger partial charge in [0, 0.05) is 0 Å². The average Bonchev–Trinajstić information content (AvgIpc) is 2.62. The fraction of sp³-hybridized carbons (Fsp3) is 0.211. The predicted octanol–water partition coefficient (Wildman–Crippen LogP) is 3.14. The number of fused-ring (bicyclic) bond motifs is 2. The smallest absolute Gasteiger partial charge is 0.271 e. The Morgan fingerprint density at radius 2 is 1.96 bits per heavy atom. The van der Waals surface area contributed by atoms with Gasteiger partial charge in [0.1, 0.15) is 11.4 Å². The lowest BCUT2D eigenvalue weighted by atomic mass is 9.87. The molecule has 0 fully saturated rings. The van der Waals surface area contributed by atoms with Crippen LogP contribution in [0.4, 0.5) is 0 Å². The number of carbonyl (C=O) groups is 1. The highest BCUT2D eigenvalue weighted by Crippen LogP contribution is 2.34. The first-order valence-corrected chi connectivity index (χ1v) is 8.06. The Bertz CT molecular complexity index is 923. The van der Waals surface area contributed by atoms with Crippen LogP contribution in [0, 0.1) is 0 Å². The lowest BCUT2D eigenvalue weighted by Gasteiger charge is -2.26. The van der Waals surface area contributed by atoms with Gasteiger partial charge < -0.3 is 10.4 Å². The second kappa shape index (κ2) is 5.92. The fourth-order valence-corrected chi connectivity index (χ4v) is 3.28. The summed E-state index contributed by atoms with van der Waals surface area (Å²) in [5, 5.41) is 13.0. The van der Waals surface area contributed by atoms with Crippen molar-refractivity contribution >= 4 is 16.9 Å². The van der Waals surface area contributed by atoms with Gasteiger partial charge >= 0.3 is 0 Å². The predicted molar refractivity (Wildman–Crippen MR) is 90.8 cm³/mol. The van der Waals surface area contributed by atoms with E-state index in [1.807, 2.05) is 36.4 Å². The minimum Gasteiger partial charge on any atom is -0.508 e. The van der Waals surface area contributed by atoms with Gasteiger partial charge in [-0.3, -0.25) is 9.78 Å². The zero-order valence-electron chi connectivity index (χ0n) is 13.1. The van der Waals surface area contributed by atoms with Crippen molar-refractivity contribution in [2.75, 3.05) is 0 Å². The van der Waals surface area contributed by atoms with Gasteiger partial charge in [-0.1, -0.05) is 24.3 Å². The van der Waals surface area contributed by atoms with Crippen LogP contribution in [-0.2, 0) is 6.42 Å². The van der Waals surface area contributed by atoms with Crippen LogP contribution in [0.25, 0.3) is 11.0 Å². The number of carbonyl (C=O) groups excluding carboxylic acids is 1. The molecule has 3 aromatic rings. The summed E-state index contributed by atoms with van der Waals surface area (Å²) in [5.74, 6) is 0.0615. The van der Waals surface area contributed by atoms with Crippen molar-refractivity contribution in [2.24, 2.45) is 0 Å². The minimum atomic E-state index is -0.241. The normalized spacial score (nSPS) is 16.6. The lowest BCUT2D eigenvalue weighted by Crippen LogP contribution is -2.31. The number of benzene rings is 2. The van der Waals surface area contributed by atoms with Crippen molar-refractivity contribution in [3.63, 3.8) is 0 Å². The molecule has 1 aromatic heterocycles. The number of aromatic nitrogens is 2. The van der Waals surface area contributed by atoms with Crippen LogP contribution in [0.15, 0.2) is 48.7 Å². The van der Waals surface area contributed by atoms with Gasteiger partial charge in [0.05, 0.1) is 23.3 Å². The summed E-state index contributed by atoms with van der Waals surface area (Å²) < 4.78 is 0. The molecule has 1 atom stereocenters. The van der Waals surface area contributed by atoms with E-state index in [4.69, 9.17) is 0 Å². The Balaban J connectivity index is 1.61. The molecule has 1 unspecified atom stereocenters. The maximum atomic E-state index is 12.6. The van der Waals surface area contributed by atoms with Crippen LogP contribution in [0.5, 0.6) is 5.75 Å². The van der Waals surface area contributed by atoms with E-state index in [1.54, 1.807) is 6.07 Å². The second-order valence-corrected chi connectivity index (χ2v) is 6.01. The topological polar surface area (TPSA) is 75.1 Å². The molecule has 1 aliphatic carbocycles. The van der Waals surface area contributed by atoms with Crippen LogP contribution in [-0.4, -0.2) is 21.0 Å². The Morgan fingerprint density at radius 3 is 2.83 bits per heavy atom. The summed E-state index contributed by atoms with van der Waals surface area (Å²) in [6.07, 6.45) is 4.12. The molecule has 4 rings (SSSR count). The molecule has 1 heterocycles. The number of nitrogens with zero attached hydrogens (tertiary/aromatic N) is 2. The van der Waals surface area contributed by atoms with Crippen molar-refractivity contribution in [3.05, 3.63) is 65.5 Å². The first kappa shape index (κ1) is 14.6. The molecular formula is C19H17N3O2. The van der Waals surface area contributed by atoms with Gasteiger partial charge in [-0.25, -0.2) is 4.98 Å². The van der Waals surface area contributed by atoms with Crippen molar-refractivity contribution in [2.45, 2.75) is 25.3 Å². The van der Waals surface area contributed by atoms with Crippen LogP contribution in [0.1, 0.15) is 40.5 Å². The SMILES string of the molecule is O=C(NC1CCCc2c(O)cccc21)c1cnc2ccccc2n1. The summed E-state index contributed by atoms with van der Waals surface area (Å²) in [6, 6.07) is 12.8. The van der Waals surface area contributed by atoms with Crippen LogP contribution in [0.2, 0.25) is 0 Å². The largest absolute Gasteiger partial charge is 0.508 e. The van der Waals surface area contributed by atoms with Gasteiger partial charge in [-0.2, -0.15) is 0 Å². The number of rotatable bonds is 2. The summed E-state index contributed by atoms with van der Waals surface area (Å²) >= 11 is 0. The number of amides is 1. The van der Waals surface area contributed by atoms with E-state index >= 15 is 0 Å². The first-order chi connectivity index (χ1) is 11.7. The van der Waals surface area contributed by atoms with E-state index in [2.05, 4.69) is 15.3 Å². The Morgan fingerprint density at radius 1 is 1.12 bits per heavy atom. The Hall–Kier alpha value is -2.95. The number of hydrogen-bond donors (Lipinski definition) is 2. The zero-order valence-corrected chi connectivity index (χ0v) is 13.1. The standard InChI is InChI=1S/C19H17N3O2/c23-18-10-4-5-12-13(18)6-3-9-14(12)22-19(24)17-11-20-15-7-1-2-8-16(15)21-17/h1-2,4-5,7-8,10-11,14,23H,3,6,9H2,(H,22,24). The van der Waals surface area contributed by atoms with Crippen molar-refractivity contribution in [3.8, 4) is 5.75 Å². The third-order valence-corrected chi connectivity index (χ3v) is 4.47. The summed E-state index contributed by atoms with van der Waals surface area (Å²) in [5.41, 5.74) is 3.69. The van der Waals surface area contributed by atoms with Crippen LogP contribution < -0.4 is 5.32 Å². The monoisotopic (exact) mass is 319 g/mol. The molecule has 0 radical (unpaired) electrons. The molecule has 2 aromatic carbocycles. The number of aromatic hydroxyl groups is 1. The van der Waals surface area contributed by atoms with E-state index in [0.29, 0.717) is 17.0 Å². The van der Waals surface area contributed by atoms with Crippen LogP contribution >= 0.6 is 0 Å². The molecule has 5 heteroatoms. The third-order valence-electron chi connectivity index (χ3n) is 4.47. The van der Waals surface area contributed by atoms with E-state index in [0.717, 1.165) is 35.9 Å². The van der Waals surface area contributed by atoms with Crippen molar-refractivity contribution in [1.82, 2.24) is 15.3 Å². The molecule has 1 aliphatic rings. The van der Waals surface area contributed by atoms with E-state index in [-0.39, 0.29) is 11.9 Å². The second-order valence-electron chi connectivity index (χ2n) is 6.01. The van der Waals surface area contributed by atoms with Crippen molar-refractivity contribution < 1.29 is 9.90 Å². The molecule has 5 nitrogen and oxygen atoms in total. The van der Waals surface area contributed by atoms with E-state index in [1.165, 1.54) is 6.20 Å². The third kappa shape index (κ3) is 2.58. The minimum absolute atomic E-state index is 0.110. The van der Waals surface area contributed by atoms with Crippen molar-refractivity contribution in [1.29, 1.82) is 0 Å². The van der Waals surface area contributed by atoms with Crippen LogP contribution in [0.3, 0.4) is 0 Å². The first-order valence-electron chi connectivity index (χ1n) is 8.06. The molecular weight excluding hydrogens is 302 g/mol. The molecule has 0 aliphatic heterocycles. The van der Waals surface area contributed by atoms with Gasteiger partial charge in [0.15, 0.2) is 0 Å². The lowest BCUT2D eigenvalue weighted by molar-refractivity contribution is 0.0927. The number of para-hydroxylation sites is 2. The maximum absolute atomic E-state index is 12.6. The average molecular weight is 319 g/mol.